The quantitative estimate of drug-likeness (QED) is 0.740. The summed E-state index contributed by atoms with van der Waals surface area (Å²) in [5, 5.41) is 3.72. The minimum Gasteiger partial charge on any atom is -0.444 e. The van der Waals surface area contributed by atoms with Crippen molar-refractivity contribution in [1.82, 2.24) is 10.2 Å². The van der Waals surface area contributed by atoms with Crippen LogP contribution < -0.4 is 5.32 Å². The van der Waals surface area contributed by atoms with Crippen LogP contribution in [0.25, 0.3) is 0 Å². The van der Waals surface area contributed by atoms with Gasteiger partial charge in [-0.3, -0.25) is 0 Å². The van der Waals surface area contributed by atoms with Crippen LogP contribution in [0.1, 0.15) is 66.2 Å². The number of likely N-dealkylation sites (tertiary alicyclic amines) is 1. The van der Waals surface area contributed by atoms with E-state index in [1.807, 2.05) is 37.4 Å². The van der Waals surface area contributed by atoms with Gasteiger partial charge in [0, 0.05) is 18.1 Å². The maximum atomic E-state index is 12.5. The normalized spacial score (nSPS) is 23.7. The number of ether oxygens (including phenoxy) is 1. The zero-order valence-corrected chi connectivity index (χ0v) is 16.1. The molecule has 1 heterocycles. The zero-order chi connectivity index (χ0) is 16.9. The van der Waals surface area contributed by atoms with Gasteiger partial charge in [0.05, 0.1) is 0 Å². The van der Waals surface area contributed by atoms with Gasteiger partial charge in [-0.2, -0.15) is 11.8 Å². The van der Waals surface area contributed by atoms with E-state index in [9.17, 15) is 4.79 Å². The number of carbonyl (C=O) groups is 1. The molecule has 0 bridgehead atoms. The number of carbonyl (C=O) groups excluding carboxylic acids is 1. The molecule has 1 saturated carbocycles. The van der Waals surface area contributed by atoms with Gasteiger partial charge in [-0.1, -0.05) is 6.92 Å². The van der Waals surface area contributed by atoms with E-state index in [2.05, 4.69) is 12.2 Å². The first-order valence-electron chi connectivity index (χ1n) is 9.18. The maximum Gasteiger partial charge on any atom is 0.410 e. The molecular formula is C18H34N2O2S. The van der Waals surface area contributed by atoms with E-state index in [1.165, 1.54) is 24.3 Å². The Balaban J connectivity index is 1.83. The summed E-state index contributed by atoms with van der Waals surface area (Å²) in [6.07, 6.45) is 6.76. The van der Waals surface area contributed by atoms with Crippen molar-refractivity contribution in [2.24, 2.45) is 0 Å². The molecule has 1 aliphatic heterocycles. The van der Waals surface area contributed by atoms with Crippen LogP contribution in [0.5, 0.6) is 0 Å². The van der Waals surface area contributed by atoms with Gasteiger partial charge in [0.25, 0.3) is 0 Å². The fourth-order valence-corrected chi connectivity index (χ4v) is 4.29. The summed E-state index contributed by atoms with van der Waals surface area (Å²) in [5.41, 5.74) is -0.343. The summed E-state index contributed by atoms with van der Waals surface area (Å²) in [5.74, 6) is 2.45. The van der Waals surface area contributed by atoms with Gasteiger partial charge >= 0.3 is 6.09 Å². The summed E-state index contributed by atoms with van der Waals surface area (Å²) in [7, 11) is 0. The molecule has 2 rings (SSSR count). The predicted octanol–water partition coefficient (Wildman–Crippen LogP) is 4.04. The van der Waals surface area contributed by atoms with Gasteiger partial charge in [-0.05, 0) is 77.3 Å². The van der Waals surface area contributed by atoms with E-state index < -0.39 is 5.60 Å². The predicted molar refractivity (Wildman–Crippen MR) is 98.2 cm³/mol. The molecular weight excluding hydrogens is 308 g/mol. The maximum absolute atomic E-state index is 12.5. The van der Waals surface area contributed by atoms with Crippen LogP contribution in [0.15, 0.2) is 0 Å². The summed E-state index contributed by atoms with van der Waals surface area (Å²) < 4.78 is 5.63. The van der Waals surface area contributed by atoms with E-state index in [1.54, 1.807) is 0 Å². The highest BCUT2D eigenvalue weighted by molar-refractivity contribution is 7.99. The Labute approximate surface area is 146 Å². The molecule has 1 spiro atoms. The number of amides is 1. The molecule has 1 unspecified atom stereocenters. The van der Waals surface area contributed by atoms with Crippen molar-refractivity contribution in [2.75, 3.05) is 24.6 Å². The Morgan fingerprint density at radius 2 is 2.13 bits per heavy atom. The number of piperidine rings is 1. The summed E-state index contributed by atoms with van der Waals surface area (Å²) in [6.45, 7) is 9.98. The van der Waals surface area contributed by atoms with E-state index in [-0.39, 0.29) is 11.6 Å². The summed E-state index contributed by atoms with van der Waals surface area (Å²) in [4.78, 5) is 14.6. The van der Waals surface area contributed by atoms with E-state index >= 15 is 0 Å². The lowest BCUT2D eigenvalue weighted by molar-refractivity contribution is -0.0492. The van der Waals surface area contributed by atoms with E-state index in [0.717, 1.165) is 38.8 Å². The van der Waals surface area contributed by atoms with Crippen LogP contribution >= 0.6 is 11.8 Å². The Morgan fingerprint density at radius 1 is 1.39 bits per heavy atom. The van der Waals surface area contributed by atoms with Gasteiger partial charge in [0.15, 0.2) is 0 Å². The highest BCUT2D eigenvalue weighted by Gasteiger charge is 2.49. The second-order valence-corrected chi connectivity index (χ2v) is 9.30. The number of nitrogens with zero attached hydrogens (tertiary/aromatic N) is 1. The summed E-state index contributed by atoms with van der Waals surface area (Å²) >= 11 is 2.01. The fraction of sp³-hybridized carbons (Fsp3) is 0.944. The molecule has 2 aliphatic rings. The molecule has 1 aliphatic carbocycles. The molecule has 0 aromatic rings. The Kier molecular flexibility index (Phi) is 6.66. The molecule has 0 aromatic carbocycles. The van der Waals surface area contributed by atoms with E-state index in [0.29, 0.717) is 6.04 Å². The second-order valence-electron chi connectivity index (χ2n) is 7.90. The largest absolute Gasteiger partial charge is 0.444 e. The smallest absolute Gasteiger partial charge is 0.410 e. The Hall–Kier alpha value is -0.420. The summed E-state index contributed by atoms with van der Waals surface area (Å²) in [6, 6.07) is 0.556. The van der Waals surface area contributed by atoms with Gasteiger partial charge in [-0.15, -0.1) is 0 Å². The molecule has 0 radical (unpaired) electrons. The molecule has 134 valence electrons. The van der Waals surface area contributed by atoms with Crippen LogP contribution in [0.3, 0.4) is 0 Å². The van der Waals surface area contributed by atoms with Gasteiger partial charge < -0.3 is 15.0 Å². The molecule has 1 atom stereocenters. The van der Waals surface area contributed by atoms with E-state index in [4.69, 9.17) is 4.74 Å². The molecule has 5 heteroatoms. The zero-order valence-electron chi connectivity index (χ0n) is 15.3. The highest BCUT2D eigenvalue weighted by atomic mass is 32.2. The van der Waals surface area contributed by atoms with Crippen molar-refractivity contribution in [3.8, 4) is 0 Å². The number of thioether (sulfide) groups is 1. The van der Waals surface area contributed by atoms with Crippen LogP contribution in [-0.4, -0.2) is 52.8 Å². The Bertz CT molecular complexity index is 391. The number of nitrogens with one attached hydrogen (secondary N) is 1. The number of hydrogen-bond acceptors (Lipinski definition) is 4. The van der Waals surface area contributed by atoms with Crippen molar-refractivity contribution < 1.29 is 9.53 Å². The molecule has 1 N–H and O–H groups in total. The van der Waals surface area contributed by atoms with Crippen molar-refractivity contribution in [1.29, 1.82) is 0 Å². The van der Waals surface area contributed by atoms with Gasteiger partial charge in [0.1, 0.15) is 5.60 Å². The van der Waals surface area contributed by atoms with Crippen molar-refractivity contribution in [3.63, 3.8) is 0 Å². The molecule has 0 aromatic heterocycles. The lowest BCUT2D eigenvalue weighted by Crippen LogP contribution is -2.63. The van der Waals surface area contributed by atoms with Crippen LogP contribution in [0.4, 0.5) is 4.79 Å². The fourth-order valence-electron chi connectivity index (χ4n) is 3.65. The van der Waals surface area contributed by atoms with Crippen molar-refractivity contribution in [3.05, 3.63) is 0 Å². The van der Waals surface area contributed by atoms with Crippen molar-refractivity contribution in [2.45, 2.75) is 83.4 Å². The molecule has 1 amide bonds. The van der Waals surface area contributed by atoms with Crippen LogP contribution in [0.2, 0.25) is 0 Å². The molecule has 1 saturated heterocycles. The molecule has 4 nitrogen and oxygen atoms in total. The molecule has 23 heavy (non-hydrogen) atoms. The van der Waals surface area contributed by atoms with Crippen LogP contribution in [-0.2, 0) is 4.74 Å². The monoisotopic (exact) mass is 342 g/mol. The van der Waals surface area contributed by atoms with Gasteiger partial charge in [0.2, 0.25) is 0 Å². The van der Waals surface area contributed by atoms with Crippen molar-refractivity contribution >= 4 is 17.9 Å². The average Bonchev–Trinajstić information content (AvgIpc) is 2.43. The lowest BCUT2D eigenvalue weighted by atomic mass is 9.69. The number of hydrogen-bond donors (Lipinski definition) is 1. The number of rotatable bonds is 6. The Morgan fingerprint density at radius 3 is 2.70 bits per heavy atom. The van der Waals surface area contributed by atoms with Gasteiger partial charge in [-0.25, -0.2) is 4.79 Å². The lowest BCUT2D eigenvalue weighted by Gasteiger charge is -2.54. The first-order valence-corrected chi connectivity index (χ1v) is 10.3. The highest BCUT2D eigenvalue weighted by Crippen LogP contribution is 2.45. The molecule has 2 fully saturated rings. The first kappa shape index (κ1) is 18.9. The third kappa shape index (κ3) is 5.28. The topological polar surface area (TPSA) is 41.6 Å². The standard InChI is InChI=1S/C18H34N2O2S/c1-5-23-13-7-11-19-15-8-12-20(16(21)22-17(2,3)4)18(14-15)9-6-10-18/h15,19H,5-14H2,1-4H3. The minimum atomic E-state index is -0.409. The minimum absolute atomic E-state index is 0.0659. The SMILES string of the molecule is CCSCCCNC1CCN(C(=O)OC(C)(C)C)C2(CCC2)C1. The average molecular weight is 343 g/mol. The third-order valence-electron chi connectivity index (χ3n) is 4.90. The van der Waals surface area contributed by atoms with Crippen LogP contribution in [0, 0.1) is 0 Å². The third-order valence-corrected chi connectivity index (χ3v) is 5.89. The first-order chi connectivity index (χ1) is 10.9. The second kappa shape index (κ2) is 8.11.